The third-order valence-electron chi connectivity index (χ3n) is 6.54. The summed E-state index contributed by atoms with van der Waals surface area (Å²) in [4.78, 5) is 25.1. The predicted octanol–water partition coefficient (Wildman–Crippen LogP) is 2.57. The van der Waals surface area contributed by atoms with E-state index in [0.717, 1.165) is 5.56 Å². The lowest BCUT2D eigenvalue weighted by molar-refractivity contribution is -0.138. The maximum absolute atomic E-state index is 13.4. The first kappa shape index (κ1) is 29.5. The van der Waals surface area contributed by atoms with Crippen LogP contribution in [0.2, 0.25) is 0 Å². The second-order valence-corrected chi connectivity index (χ2v) is 12.1. The van der Waals surface area contributed by atoms with Crippen molar-refractivity contribution in [2.45, 2.75) is 58.1 Å². The number of benzene rings is 2. The summed E-state index contributed by atoms with van der Waals surface area (Å²) in [6.07, 6.45) is -0.937. The number of aliphatic hydroxyl groups excluding tert-OH is 1. The largest absolute Gasteiger partial charge is 0.390 e. The van der Waals surface area contributed by atoms with E-state index in [2.05, 4.69) is 5.32 Å². The maximum Gasteiger partial charge on any atom is 0.243 e. The second kappa shape index (κ2) is 12.5. The maximum atomic E-state index is 13.4. The summed E-state index contributed by atoms with van der Waals surface area (Å²) in [5.74, 6) is -1.81. The molecule has 198 valence electrons. The zero-order valence-electron chi connectivity index (χ0n) is 21.7. The third kappa shape index (κ3) is 7.62. The Morgan fingerprint density at radius 1 is 0.972 bits per heavy atom. The lowest BCUT2D eigenvalue weighted by atomic mass is 9.78. The van der Waals surface area contributed by atoms with Gasteiger partial charge >= 0.3 is 0 Å². The van der Waals surface area contributed by atoms with Gasteiger partial charge in [0.2, 0.25) is 21.8 Å². The molecule has 8 nitrogen and oxygen atoms in total. The third-order valence-corrected chi connectivity index (χ3v) is 8.39. The number of hydrogen-bond acceptors (Lipinski definition) is 5. The standard InChI is InChI=1S/C27H39N3O5S/c1-19(2)17-30(36(34,35)22-14-10-7-11-15-22)18-24(31)23(16-21-12-8-6-9-13-21)29-25(32)20(3)27(4,5)26(28)33/h6-15,19-20,23-24,31H,16-18H2,1-5H3,(H2,28,33)(H,29,32)/t20?,23-,24+/m0/s1. The van der Waals surface area contributed by atoms with Gasteiger partial charge in [0, 0.05) is 19.0 Å². The Kier molecular flexibility index (Phi) is 10.2. The fourth-order valence-electron chi connectivity index (χ4n) is 3.76. The summed E-state index contributed by atoms with van der Waals surface area (Å²) in [7, 11) is -3.88. The van der Waals surface area contributed by atoms with Gasteiger partial charge in [-0.3, -0.25) is 9.59 Å². The van der Waals surface area contributed by atoms with Gasteiger partial charge < -0.3 is 16.2 Å². The van der Waals surface area contributed by atoms with E-state index in [0.29, 0.717) is 0 Å². The monoisotopic (exact) mass is 517 g/mol. The number of amides is 2. The average molecular weight is 518 g/mol. The molecule has 0 radical (unpaired) electrons. The molecule has 0 fully saturated rings. The average Bonchev–Trinajstić information content (AvgIpc) is 2.83. The summed E-state index contributed by atoms with van der Waals surface area (Å²) in [5.41, 5.74) is 5.26. The topological polar surface area (TPSA) is 130 Å². The number of primary amides is 1. The van der Waals surface area contributed by atoms with Crippen molar-refractivity contribution in [3.63, 3.8) is 0 Å². The fraction of sp³-hybridized carbons (Fsp3) is 0.481. The van der Waals surface area contributed by atoms with Gasteiger partial charge in [0.1, 0.15) is 0 Å². The number of hydrogen-bond donors (Lipinski definition) is 3. The lowest BCUT2D eigenvalue weighted by Crippen LogP contribution is -2.54. The van der Waals surface area contributed by atoms with E-state index >= 15 is 0 Å². The van der Waals surface area contributed by atoms with Crippen molar-refractivity contribution in [3.8, 4) is 0 Å². The lowest BCUT2D eigenvalue weighted by Gasteiger charge is -2.33. The van der Waals surface area contributed by atoms with Crippen LogP contribution in [0.15, 0.2) is 65.6 Å². The van der Waals surface area contributed by atoms with E-state index in [4.69, 9.17) is 5.73 Å². The molecule has 0 aliphatic carbocycles. The Morgan fingerprint density at radius 2 is 1.50 bits per heavy atom. The van der Waals surface area contributed by atoms with Gasteiger partial charge in [-0.15, -0.1) is 0 Å². The van der Waals surface area contributed by atoms with Crippen LogP contribution in [-0.2, 0) is 26.0 Å². The van der Waals surface area contributed by atoms with E-state index in [1.165, 1.54) is 16.4 Å². The van der Waals surface area contributed by atoms with Crippen LogP contribution >= 0.6 is 0 Å². The Bertz CT molecular complexity index is 1100. The van der Waals surface area contributed by atoms with Gasteiger partial charge in [0.15, 0.2) is 0 Å². The van der Waals surface area contributed by atoms with E-state index < -0.39 is 45.3 Å². The summed E-state index contributed by atoms with van der Waals surface area (Å²) >= 11 is 0. The van der Waals surface area contributed by atoms with E-state index in [9.17, 15) is 23.1 Å². The Balaban J connectivity index is 2.35. The summed E-state index contributed by atoms with van der Waals surface area (Å²) in [6, 6.07) is 16.6. The Labute approximate surface area is 214 Å². The molecule has 2 amide bonds. The SMILES string of the molecule is CC(C)CN(C[C@@H](O)[C@H](Cc1ccccc1)NC(=O)C(C)C(C)(C)C(N)=O)S(=O)(=O)c1ccccc1. The molecule has 2 aromatic rings. The number of carbonyl (C=O) groups is 2. The van der Waals surface area contributed by atoms with Crippen molar-refractivity contribution in [1.29, 1.82) is 0 Å². The van der Waals surface area contributed by atoms with E-state index in [1.807, 2.05) is 44.2 Å². The molecule has 0 aliphatic rings. The van der Waals surface area contributed by atoms with Crippen molar-refractivity contribution in [3.05, 3.63) is 66.2 Å². The molecular formula is C27H39N3O5S. The number of sulfonamides is 1. The molecule has 0 aromatic heterocycles. The number of carbonyl (C=O) groups excluding carboxylic acids is 2. The normalized spacial score (nSPS) is 14.9. The first-order chi connectivity index (χ1) is 16.8. The van der Waals surface area contributed by atoms with Crippen LogP contribution in [0.25, 0.3) is 0 Å². The van der Waals surface area contributed by atoms with Crippen LogP contribution in [0, 0.1) is 17.3 Å². The molecule has 0 saturated heterocycles. The fourth-order valence-corrected chi connectivity index (χ4v) is 5.40. The quantitative estimate of drug-likeness (QED) is 0.376. The minimum Gasteiger partial charge on any atom is -0.390 e. The molecular weight excluding hydrogens is 478 g/mol. The van der Waals surface area contributed by atoms with E-state index in [-0.39, 0.29) is 30.3 Å². The van der Waals surface area contributed by atoms with Crippen molar-refractivity contribution in [1.82, 2.24) is 9.62 Å². The Morgan fingerprint density at radius 3 is 2.00 bits per heavy atom. The van der Waals surface area contributed by atoms with Gasteiger partial charge in [0.05, 0.1) is 22.5 Å². The zero-order valence-corrected chi connectivity index (χ0v) is 22.5. The van der Waals surface area contributed by atoms with Crippen LogP contribution in [0.5, 0.6) is 0 Å². The molecule has 4 N–H and O–H groups in total. The van der Waals surface area contributed by atoms with E-state index in [1.54, 1.807) is 39.0 Å². The molecule has 2 aromatic carbocycles. The molecule has 3 atom stereocenters. The molecule has 1 unspecified atom stereocenters. The van der Waals surface area contributed by atoms with Crippen LogP contribution < -0.4 is 11.1 Å². The van der Waals surface area contributed by atoms with Crippen LogP contribution in [0.1, 0.15) is 40.2 Å². The highest BCUT2D eigenvalue weighted by atomic mass is 32.2. The molecule has 0 bridgehead atoms. The number of aliphatic hydroxyl groups is 1. The molecule has 2 rings (SSSR count). The van der Waals surface area contributed by atoms with Crippen molar-refractivity contribution in [2.75, 3.05) is 13.1 Å². The van der Waals surface area contributed by atoms with Gasteiger partial charge in [-0.05, 0) is 30.0 Å². The highest BCUT2D eigenvalue weighted by Crippen LogP contribution is 2.27. The van der Waals surface area contributed by atoms with Gasteiger partial charge in [-0.2, -0.15) is 4.31 Å². The molecule has 0 saturated carbocycles. The summed E-state index contributed by atoms with van der Waals surface area (Å²) in [6.45, 7) is 8.59. The Hall–Kier alpha value is -2.75. The predicted molar refractivity (Wildman–Crippen MR) is 140 cm³/mol. The smallest absolute Gasteiger partial charge is 0.243 e. The molecule has 0 heterocycles. The number of rotatable bonds is 13. The molecule has 9 heteroatoms. The second-order valence-electron chi connectivity index (χ2n) is 10.2. The van der Waals surface area contributed by atoms with Crippen molar-refractivity contribution < 1.29 is 23.1 Å². The van der Waals surface area contributed by atoms with Crippen LogP contribution in [0.3, 0.4) is 0 Å². The first-order valence-electron chi connectivity index (χ1n) is 12.1. The highest BCUT2D eigenvalue weighted by molar-refractivity contribution is 7.89. The number of nitrogens with zero attached hydrogens (tertiary/aromatic N) is 1. The van der Waals surface area contributed by atoms with Crippen LogP contribution in [0.4, 0.5) is 0 Å². The minimum atomic E-state index is -3.88. The number of nitrogens with two attached hydrogens (primary N) is 1. The zero-order chi connectivity index (χ0) is 27.1. The van der Waals surface area contributed by atoms with Crippen molar-refractivity contribution in [2.24, 2.45) is 23.0 Å². The molecule has 36 heavy (non-hydrogen) atoms. The molecule has 0 aliphatic heterocycles. The van der Waals surface area contributed by atoms with Crippen LogP contribution in [-0.4, -0.2) is 54.9 Å². The van der Waals surface area contributed by atoms with Crippen molar-refractivity contribution >= 4 is 21.8 Å². The highest BCUT2D eigenvalue weighted by Gasteiger charge is 2.38. The summed E-state index contributed by atoms with van der Waals surface area (Å²) < 4.78 is 28.1. The van der Waals surface area contributed by atoms with Gasteiger partial charge in [0.25, 0.3) is 0 Å². The van der Waals surface area contributed by atoms with Gasteiger partial charge in [-0.25, -0.2) is 8.42 Å². The number of nitrogens with one attached hydrogen (secondary N) is 1. The first-order valence-corrected chi connectivity index (χ1v) is 13.6. The molecule has 0 spiro atoms. The summed E-state index contributed by atoms with van der Waals surface area (Å²) in [5, 5.41) is 14.2. The minimum absolute atomic E-state index is 0.00856. The van der Waals surface area contributed by atoms with Gasteiger partial charge in [-0.1, -0.05) is 83.1 Å².